The standard InChI is InChI=1S/C13H18FN3O/c1-9-3-2-4-17(12(9)6-15)13(18)10-5-11(14)8-16-7-10/h5,7-9,12H,2-4,6,15H2,1H3/t9-,12-/m0/s1. The summed E-state index contributed by atoms with van der Waals surface area (Å²) in [5.41, 5.74) is 6.04. The minimum atomic E-state index is -0.491. The van der Waals surface area contributed by atoms with E-state index in [1.165, 1.54) is 12.3 Å². The predicted molar refractivity (Wildman–Crippen MR) is 66.5 cm³/mol. The number of hydrogen-bond acceptors (Lipinski definition) is 3. The first-order valence-electron chi connectivity index (χ1n) is 6.25. The van der Waals surface area contributed by atoms with E-state index in [0.29, 0.717) is 24.6 Å². The molecule has 0 spiro atoms. The van der Waals surface area contributed by atoms with E-state index < -0.39 is 5.82 Å². The quantitative estimate of drug-likeness (QED) is 0.864. The lowest BCUT2D eigenvalue weighted by Crippen LogP contribution is -2.51. The average Bonchev–Trinajstić information content (AvgIpc) is 2.37. The summed E-state index contributed by atoms with van der Waals surface area (Å²) in [7, 11) is 0. The number of carbonyl (C=O) groups excluding carboxylic acids is 1. The number of piperidine rings is 1. The van der Waals surface area contributed by atoms with Gasteiger partial charge in [-0.2, -0.15) is 0 Å². The molecule has 1 aliphatic heterocycles. The number of rotatable bonds is 2. The topological polar surface area (TPSA) is 59.2 Å². The van der Waals surface area contributed by atoms with Gasteiger partial charge in [0.15, 0.2) is 0 Å². The molecule has 1 saturated heterocycles. The van der Waals surface area contributed by atoms with Crippen molar-refractivity contribution in [3.8, 4) is 0 Å². The van der Waals surface area contributed by atoms with Gasteiger partial charge in [0.1, 0.15) is 5.82 Å². The molecule has 1 aromatic rings. The summed E-state index contributed by atoms with van der Waals surface area (Å²) in [5, 5.41) is 0. The lowest BCUT2D eigenvalue weighted by Gasteiger charge is -2.39. The third kappa shape index (κ3) is 2.51. The van der Waals surface area contributed by atoms with Gasteiger partial charge in [-0.15, -0.1) is 0 Å². The minimum Gasteiger partial charge on any atom is -0.334 e. The molecule has 0 radical (unpaired) electrons. The van der Waals surface area contributed by atoms with E-state index in [1.54, 1.807) is 4.90 Å². The van der Waals surface area contributed by atoms with Gasteiger partial charge in [-0.1, -0.05) is 6.92 Å². The fourth-order valence-corrected chi connectivity index (χ4v) is 2.56. The normalized spacial score (nSPS) is 24.1. The summed E-state index contributed by atoms with van der Waals surface area (Å²) < 4.78 is 13.1. The van der Waals surface area contributed by atoms with E-state index in [2.05, 4.69) is 11.9 Å². The highest BCUT2D eigenvalue weighted by Crippen LogP contribution is 2.24. The molecule has 0 saturated carbocycles. The molecule has 0 unspecified atom stereocenters. The number of likely N-dealkylation sites (tertiary alicyclic amines) is 1. The molecule has 5 heteroatoms. The van der Waals surface area contributed by atoms with Crippen LogP contribution < -0.4 is 5.73 Å². The van der Waals surface area contributed by atoms with E-state index in [-0.39, 0.29) is 11.9 Å². The number of pyridine rings is 1. The first-order valence-corrected chi connectivity index (χ1v) is 6.25. The van der Waals surface area contributed by atoms with Gasteiger partial charge < -0.3 is 10.6 Å². The van der Waals surface area contributed by atoms with Crippen LogP contribution in [0, 0.1) is 11.7 Å². The van der Waals surface area contributed by atoms with Gasteiger partial charge >= 0.3 is 0 Å². The first kappa shape index (κ1) is 13.0. The van der Waals surface area contributed by atoms with Crippen LogP contribution in [0.5, 0.6) is 0 Å². The minimum absolute atomic E-state index is 0.0366. The van der Waals surface area contributed by atoms with E-state index >= 15 is 0 Å². The Morgan fingerprint density at radius 2 is 2.39 bits per heavy atom. The third-order valence-corrected chi connectivity index (χ3v) is 3.57. The second kappa shape index (κ2) is 5.44. The van der Waals surface area contributed by atoms with Crippen molar-refractivity contribution in [3.63, 3.8) is 0 Å². The van der Waals surface area contributed by atoms with Crippen LogP contribution in [0.1, 0.15) is 30.1 Å². The zero-order valence-electron chi connectivity index (χ0n) is 10.5. The summed E-state index contributed by atoms with van der Waals surface area (Å²) in [5.74, 6) is -0.284. The Morgan fingerprint density at radius 1 is 1.61 bits per heavy atom. The van der Waals surface area contributed by atoms with Crippen LogP contribution in [-0.2, 0) is 0 Å². The number of halogens is 1. The molecule has 1 fully saturated rings. The molecule has 0 aliphatic carbocycles. The highest BCUT2D eigenvalue weighted by Gasteiger charge is 2.31. The van der Waals surface area contributed by atoms with Crippen molar-refractivity contribution in [2.45, 2.75) is 25.8 Å². The Labute approximate surface area is 106 Å². The van der Waals surface area contributed by atoms with E-state index in [4.69, 9.17) is 5.73 Å². The zero-order chi connectivity index (χ0) is 13.1. The third-order valence-electron chi connectivity index (χ3n) is 3.57. The number of nitrogens with two attached hydrogens (primary N) is 1. The molecule has 0 aromatic carbocycles. The van der Waals surface area contributed by atoms with Gasteiger partial charge in [-0.3, -0.25) is 9.78 Å². The summed E-state index contributed by atoms with van der Waals surface area (Å²) >= 11 is 0. The first-order chi connectivity index (χ1) is 8.63. The molecule has 98 valence electrons. The highest BCUT2D eigenvalue weighted by molar-refractivity contribution is 5.94. The molecule has 1 amide bonds. The van der Waals surface area contributed by atoms with Crippen molar-refractivity contribution in [2.75, 3.05) is 13.1 Å². The Bertz CT molecular complexity index is 438. The molecule has 1 aromatic heterocycles. The maximum absolute atomic E-state index is 13.1. The van der Waals surface area contributed by atoms with Crippen LogP contribution in [0.25, 0.3) is 0 Å². The Morgan fingerprint density at radius 3 is 3.06 bits per heavy atom. The van der Waals surface area contributed by atoms with Gasteiger partial charge in [0.2, 0.25) is 0 Å². The fraction of sp³-hybridized carbons (Fsp3) is 0.538. The van der Waals surface area contributed by atoms with Crippen molar-refractivity contribution in [2.24, 2.45) is 11.7 Å². The van der Waals surface area contributed by atoms with Crippen LogP contribution in [0.15, 0.2) is 18.5 Å². The van der Waals surface area contributed by atoms with Crippen molar-refractivity contribution >= 4 is 5.91 Å². The van der Waals surface area contributed by atoms with E-state index in [1.807, 2.05) is 0 Å². The summed E-state index contributed by atoms with van der Waals surface area (Å²) in [6.45, 7) is 3.22. The van der Waals surface area contributed by atoms with Gasteiger partial charge in [0.25, 0.3) is 5.91 Å². The fourth-order valence-electron chi connectivity index (χ4n) is 2.56. The van der Waals surface area contributed by atoms with Crippen molar-refractivity contribution in [1.82, 2.24) is 9.88 Å². The molecular weight excluding hydrogens is 233 g/mol. The largest absolute Gasteiger partial charge is 0.334 e. The van der Waals surface area contributed by atoms with Gasteiger partial charge in [0, 0.05) is 25.3 Å². The molecular formula is C13H18FN3O. The monoisotopic (exact) mass is 251 g/mol. The lowest BCUT2D eigenvalue weighted by molar-refractivity contribution is 0.0531. The van der Waals surface area contributed by atoms with Crippen LogP contribution in [-0.4, -0.2) is 34.9 Å². The van der Waals surface area contributed by atoms with Gasteiger partial charge in [0.05, 0.1) is 11.8 Å². The molecule has 2 rings (SSSR count). The number of hydrogen-bond donors (Lipinski definition) is 1. The van der Waals surface area contributed by atoms with Crippen LogP contribution >= 0.6 is 0 Å². The second-order valence-corrected chi connectivity index (χ2v) is 4.81. The predicted octanol–water partition coefficient (Wildman–Crippen LogP) is 1.42. The second-order valence-electron chi connectivity index (χ2n) is 4.81. The molecule has 2 N–H and O–H groups in total. The van der Waals surface area contributed by atoms with Gasteiger partial charge in [-0.05, 0) is 24.8 Å². The van der Waals surface area contributed by atoms with Crippen LogP contribution in [0.3, 0.4) is 0 Å². The number of nitrogens with zero attached hydrogens (tertiary/aromatic N) is 2. The maximum atomic E-state index is 13.1. The van der Waals surface area contributed by atoms with Crippen LogP contribution in [0.2, 0.25) is 0 Å². The number of amides is 1. The van der Waals surface area contributed by atoms with Crippen molar-refractivity contribution < 1.29 is 9.18 Å². The van der Waals surface area contributed by atoms with Crippen molar-refractivity contribution in [1.29, 1.82) is 0 Å². The summed E-state index contributed by atoms with van der Waals surface area (Å²) in [4.78, 5) is 17.8. The smallest absolute Gasteiger partial charge is 0.255 e. The Hall–Kier alpha value is -1.49. The summed E-state index contributed by atoms with van der Waals surface area (Å²) in [6, 6.07) is 1.26. The summed E-state index contributed by atoms with van der Waals surface area (Å²) in [6.07, 6.45) is 4.54. The van der Waals surface area contributed by atoms with E-state index in [0.717, 1.165) is 19.0 Å². The molecule has 1 aliphatic rings. The SMILES string of the molecule is C[C@H]1CCCN(C(=O)c2cncc(F)c2)[C@H]1CN. The lowest BCUT2D eigenvalue weighted by atomic mass is 9.90. The zero-order valence-corrected chi connectivity index (χ0v) is 10.5. The Kier molecular flexibility index (Phi) is 3.91. The highest BCUT2D eigenvalue weighted by atomic mass is 19.1. The maximum Gasteiger partial charge on any atom is 0.255 e. The molecule has 2 atom stereocenters. The average molecular weight is 251 g/mol. The van der Waals surface area contributed by atoms with Crippen LogP contribution in [0.4, 0.5) is 4.39 Å². The van der Waals surface area contributed by atoms with Crippen molar-refractivity contribution in [3.05, 3.63) is 29.8 Å². The molecule has 18 heavy (non-hydrogen) atoms. The molecule has 4 nitrogen and oxygen atoms in total. The van der Waals surface area contributed by atoms with Gasteiger partial charge in [-0.25, -0.2) is 4.39 Å². The van der Waals surface area contributed by atoms with E-state index in [9.17, 15) is 9.18 Å². The Balaban J connectivity index is 2.21. The molecule has 2 heterocycles. The number of aromatic nitrogens is 1. The number of carbonyl (C=O) groups is 1. The molecule has 0 bridgehead atoms.